The molecule has 100 valence electrons. The SMILES string of the molecule is Cl.NC1CCC(NC(=O)OCc2ccccc2)C1. The first kappa shape index (κ1) is 14.8. The van der Waals surface area contributed by atoms with E-state index in [0.717, 1.165) is 24.8 Å². The average Bonchev–Trinajstić information content (AvgIpc) is 2.73. The fraction of sp³-hybridized carbons (Fsp3) is 0.462. The molecule has 1 fully saturated rings. The number of hydrogen-bond donors (Lipinski definition) is 2. The van der Waals surface area contributed by atoms with Gasteiger partial charge in [0.15, 0.2) is 0 Å². The zero-order valence-corrected chi connectivity index (χ0v) is 11.0. The van der Waals surface area contributed by atoms with Crippen LogP contribution in [0, 0.1) is 0 Å². The Labute approximate surface area is 113 Å². The summed E-state index contributed by atoms with van der Waals surface area (Å²) in [6.07, 6.45) is 2.42. The number of benzene rings is 1. The number of amides is 1. The molecule has 0 aromatic heterocycles. The predicted molar refractivity (Wildman–Crippen MR) is 72.6 cm³/mol. The van der Waals surface area contributed by atoms with Crippen LogP contribution in [-0.4, -0.2) is 18.2 Å². The normalized spacial score (nSPS) is 22.1. The van der Waals surface area contributed by atoms with E-state index in [0.29, 0.717) is 6.61 Å². The lowest BCUT2D eigenvalue weighted by Crippen LogP contribution is -2.34. The van der Waals surface area contributed by atoms with Gasteiger partial charge in [-0.25, -0.2) is 4.79 Å². The van der Waals surface area contributed by atoms with Gasteiger partial charge >= 0.3 is 6.09 Å². The fourth-order valence-corrected chi connectivity index (χ4v) is 2.08. The van der Waals surface area contributed by atoms with E-state index in [-0.39, 0.29) is 30.6 Å². The van der Waals surface area contributed by atoms with Crippen molar-refractivity contribution in [2.24, 2.45) is 5.73 Å². The molecule has 1 amide bonds. The van der Waals surface area contributed by atoms with Crippen LogP contribution >= 0.6 is 12.4 Å². The molecule has 1 aliphatic carbocycles. The van der Waals surface area contributed by atoms with Gasteiger partial charge in [0, 0.05) is 12.1 Å². The summed E-state index contributed by atoms with van der Waals surface area (Å²) in [4.78, 5) is 11.5. The molecule has 0 aliphatic heterocycles. The summed E-state index contributed by atoms with van der Waals surface area (Å²) >= 11 is 0. The van der Waals surface area contributed by atoms with Gasteiger partial charge in [-0.3, -0.25) is 0 Å². The highest BCUT2D eigenvalue weighted by molar-refractivity contribution is 5.85. The quantitative estimate of drug-likeness (QED) is 0.885. The van der Waals surface area contributed by atoms with Crippen molar-refractivity contribution in [3.8, 4) is 0 Å². The molecule has 1 aromatic rings. The number of nitrogens with two attached hydrogens (primary N) is 1. The molecule has 5 heteroatoms. The van der Waals surface area contributed by atoms with Crippen LogP contribution in [-0.2, 0) is 11.3 Å². The highest BCUT2D eigenvalue weighted by Crippen LogP contribution is 2.17. The Morgan fingerprint density at radius 3 is 2.67 bits per heavy atom. The van der Waals surface area contributed by atoms with Crippen molar-refractivity contribution in [3.63, 3.8) is 0 Å². The van der Waals surface area contributed by atoms with Crippen LogP contribution < -0.4 is 11.1 Å². The second-order valence-electron chi connectivity index (χ2n) is 4.48. The summed E-state index contributed by atoms with van der Waals surface area (Å²) in [5.74, 6) is 0. The Bertz CT molecular complexity index is 373. The minimum Gasteiger partial charge on any atom is -0.445 e. The third kappa shape index (κ3) is 4.55. The van der Waals surface area contributed by atoms with Crippen LogP contribution in [0.1, 0.15) is 24.8 Å². The van der Waals surface area contributed by atoms with Crippen molar-refractivity contribution in [3.05, 3.63) is 35.9 Å². The Morgan fingerprint density at radius 2 is 2.06 bits per heavy atom. The summed E-state index contributed by atoms with van der Waals surface area (Å²) < 4.78 is 5.13. The van der Waals surface area contributed by atoms with E-state index in [4.69, 9.17) is 10.5 Å². The summed E-state index contributed by atoms with van der Waals surface area (Å²) in [5, 5.41) is 2.84. The maximum atomic E-state index is 11.5. The van der Waals surface area contributed by atoms with Gasteiger partial charge in [-0.15, -0.1) is 12.4 Å². The largest absolute Gasteiger partial charge is 0.445 e. The average molecular weight is 271 g/mol. The summed E-state index contributed by atoms with van der Waals surface area (Å²) in [7, 11) is 0. The molecular formula is C13H19ClN2O2. The lowest BCUT2D eigenvalue weighted by molar-refractivity contribution is 0.136. The number of nitrogens with one attached hydrogen (secondary N) is 1. The van der Waals surface area contributed by atoms with Crippen molar-refractivity contribution in [2.75, 3.05) is 0 Å². The van der Waals surface area contributed by atoms with Gasteiger partial charge < -0.3 is 15.8 Å². The van der Waals surface area contributed by atoms with Crippen molar-refractivity contribution >= 4 is 18.5 Å². The maximum Gasteiger partial charge on any atom is 0.407 e. The third-order valence-electron chi connectivity index (χ3n) is 3.01. The topological polar surface area (TPSA) is 64.3 Å². The van der Waals surface area contributed by atoms with Gasteiger partial charge in [-0.2, -0.15) is 0 Å². The van der Waals surface area contributed by atoms with Gasteiger partial charge in [-0.05, 0) is 24.8 Å². The molecule has 0 radical (unpaired) electrons. The van der Waals surface area contributed by atoms with Gasteiger partial charge in [0.1, 0.15) is 6.61 Å². The zero-order valence-electron chi connectivity index (χ0n) is 10.2. The smallest absolute Gasteiger partial charge is 0.407 e. The van der Waals surface area contributed by atoms with E-state index in [2.05, 4.69) is 5.32 Å². The highest BCUT2D eigenvalue weighted by Gasteiger charge is 2.23. The van der Waals surface area contributed by atoms with Gasteiger partial charge in [0.25, 0.3) is 0 Å². The molecule has 1 saturated carbocycles. The third-order valence-corrected chi connectivity index (χ3v) is 3.01. The number of carbonyl (C=O) groups is 1. The number of hydrogen-bond acceptors (Lipinski definition) is 3. The monoisotopic (exact) mass is 270 g/mol. The Hall–Kier alpha value is -1.26. The van der Waals surface area contributed by atoms with Gasteiger partial charge in [-0.1, -0.05) is 30.3 Å². The highest BCUT2D eigenvalue weighted by atomic mass is 35.5. The van der Waals surface area contributed by atoms with E-state index >= 15 is 0 Å². The van der Waals surface area contributed by atoms with Crippen LogP contribution in [0.2, 0.25) is 0 Å². The second-order valence-corrected chi connectivity index (χ2v) is 4.48. The van der Waals surface area contributed by atoms with Crippen molar-refractivity contribution in [2.45, 2.75) is 38.0 Å². The number of ether oxygens (including phenoxy) is 1. The fourth-order valence-electron chi connectivity index (χ4n) is 2.08. The molecule has 0 saturated heterocycles. The molecule has 2 unspecified atom stereocenters. The standard InChI is InChI=1S/C13H18N2O2.ClH/c14-11-6-7-12(8-11)15-13(16)17-9-10-4-2-1-3-5-10;/h1-5,11-12H,6-9,14H2,(H,15,16);1H. The maximum absolute atomic E-state index is 11.5. The van der Waals surface area contributed by atoms with E-state index in [1.807, 2.05) is 30.3 Å². The Kier molecular flexibility index (Phi) is 5.95. The Balaban J connectivity index is 0.00000162. The minimum atomic E-state index is -0.354. The number of alkyl carbamates (subject to hydrolysis) is 1. The number of halogens is 1. The summed E-state index contributed by atoms with van der Waals surface area (Å²) in [6, 6.07) is 10.0. The predicted octanol–water partition coefficient (Wildman–Crippen LogP) is 2.21. The van der Waals surface area contributed by atoms with Crippen molar-refractivity contribution < 1.29 is 9.53 Å². The van der Waals surface area contributed by atoms with E-state index in [1.54, 1.807) is 0 Å². The first-order valence-corrected chi connectivity index (χ1v) is 5.97. The lowest BCUT2D eigenvalue weighted by atomic mass is 10.2. The van der Waals surface area contributed by atoms with E-state index in [9.17, 15) is 4.79 Å². The molecule has 3 N–H and O–H groups in total. The number of carbonyl (C=O) groups excluding carboxylic acids is 1. The van der Waals surface area contributed by atoms with Crippen LogP contribution in [0.3, 0.4) is 0 Å². The molecule has 0 heterocycles. The van der Waals surface area contributed by atoms with Gasteiger partial charge in [0.05, 0.1) is 0 Å². The molecule has 1 aromatic carbocycles. The first-order valence-electron chi connectivity index (χ1n) is 5.97. The lowest BCUT2D eigenvalue weighted by Gasteiger charge is -2.12. The van der Waals surface area contributed by atoms with Crippen LogP contribution in [0.25, 0.3) is 0 Å². The van der Waals surface area contributed by atoms with Crippen molar-refractivity contribution in [1.82, 2.24) is 5.32 Å². The molecule has 2 atom stereocenters. The number of rotatable bonds is 3. The first-order chi connectivity index (χ1) is 8.24. The van der Waals surface area contributed by atoms with Crippen LogP contribution in [0.15, 0.2) is 30.3 Å². The van der Waals surface area contributed by atoms with Crippen molar-refractivity contribution in [1.29, 1.82) is 0 Å². The Morgan fingerprint density at radius 1 is 1.33 bits per heavy atom. The zero-order chi connectivity index (χ0) is 12.1. The van der Waals surface area contributed by atoms with Gasteiger partial charge in [0.2, 0.25) is 0 Å². The molecule has 0 bridgehead atoms. The molecule has 2 rings (SSSR count). The minimum absolute atomic E-state index is 0. The molecule has 18 heavy (non-hydrogen) atoms. The van der Waals surface area contributed by atoms with E-state index in [1.165, 1.54) is 0 Å². The second kappa shape index (κ2) is 7.24. The summed E-state index contributed by atoms with van der Waals surface area (Å²) in [6.45, 7) is 0.311. The van der Waals surface area contributed by atoms with Crippen LogP contribution in [0.5, 0.6) is 0 Å². The molecule has 0 spiro atoms. The molecule has 4 nitrogen and oxygen atoms in total. The summed E-state index contributed by atoms with van der Waals surface area (Å²) in [5.41, 5.74) is 6.77. The molecule has 1 aliphatic rings. The van der Waals surface area contributed by atoms with Crippen LogP contribution in [0.4, 0.5) is 4.79 Å². The molecular weight excluding hydrogens is 252 g/mol. The van der Waals surface area contributed by atoms with E-state index < -0.39 is 0 Å².